The summed E-state index contributed by atoms with van der Waals surface area (Å²) < 4.78 is 11.4. The van der Waals surface area contributed by atoms with Crippen LogP contribution in [0.2, 0.25) is 0 Å². The zero-order valence-electron chi connectivity index (χ0n) is 31.8. The number of nitrogens with one attached hydrogen (secondary N) is 1. The van der Waals surface area contributed by atoms with E-state index in [4.69, 9.17) is 19.7 Å². The first kappa shape index (κ1) is 42.3. The van der Waals surface area contributed by atoms with Gasteiger partial charge in [0.15, 0.2) is 5.78 Å². The number of ether oxygens (including phenoxy) is 2. The molecule has 2 unspecified atom stereocenters. The number of alkyl carbamates (subject to hydrolysis) is 1. The number of fused-ring (bicyclic) bond motifs is 7. The summed E-state index contributed by atoms with van der Waals surface area (Å²) in [5, 5.41) is 29.5. The Balaban J connectivity index is 0.000000768. The van der Waals surface area contributed by atoms with E-state index in [1.165, 1.54) is 18.4 Å². The standard InChI is InChI=1S/C36H55N2O6.C4H7O2.Ho/c1-23-24-7-10-36(6)29(34(24,4)9-8-28(23)44-31(42)37-15-16-38-17-19-43-20-18-38)27(39)21-25-26-22-33(3,30(40)41)12-11-32(26,2)13-14-35(25,36)5;1-3(5)4(2)6;/h21,24,26,28-29H,7-20,22H2,1-6H3,(H,37,42)(H,40,41);5-6H,1H2,2H3;/q2*-1;/b;4-3-;/t24?,26-,28-,29?,32+,33-,34-,35+,36+;;/m0../s1. The van der Waals surface area contributed by atoms with Gasteiger partial charge in [0.25, 0.3) is 0 Å². The van der Waals surface area contributed by atoms with Crippen molar-refractivity contribution in [1.29, 1.82) is 0 Å². The molecule has 51 heavy (non-hydrogen) atoms. The fourth-order valence-electron chi connectivity index (χ4n) is 11.2. The molecule has 1 aliphatic heterocycles. The Hall–Kier alpha value is -1.46. The van der Waals surface area contributed by atoms with Crippen molar-refractivity contribution < 1.29 is 76.9 Å². The van der Waals surface area contributed by atoms with Crippen molar-refractivity contribution in [2.24, 2.45) is 44.8 Å². The van der Waals surface area contributed by atoms with Crippen LogP contribution in [0.4, 0.5) is 4.79 Å². The van der Waals surface area contributed by atoms with E-state index in [0.29, 0.717) is 19.4 Å². The van der Waals surface area contributed by atoms with Gasteiger partial charge in [-0.3, -0.25) is 20.4 Å². The molecule has 5 aliphatic carbocycles. The van der Waals surface area contributed by atoms with Crippen LogP contribution in [0.25, 0.3) is 0 Å². The van der Waals surface area contributed by atoms with Gasteiger partial charge >= 0.3 is 12.1 Å². The van der Waals surface area contributed by atoms with Crippen molar-refractivity contribution in [3.05, 3.63) is 36.0 Å². The molecule has 0 spiro atoms. The van der Waals surface area contributed by atoms with Crippen molar-refractivity contribution in [2.75, 3.05) is 39.4 Å². The maximum atomic E-state index is 14.5. The first-order chi connectivity index (χ1) is 23.3. The molecule has 6 rings (SSSR count). The van der Waals surface area contributed by atoms with Crippen molar-refractivity contribution >= 4 is 17.8 Å². The summed E-state index contributed by atoms with van der Waals surface area (Å²) in [6.07, 6.45) is 9.31. The maximum absolute atomic E-state index is 14.5. The van der Waals surface area contributed by atoms with Crippen LogP contribution >= 0.6 is 0 Å². The van der Waals surface area contributed by atoms with Crippen LogP contribution in [-0.2, 0) is 19.1 Å². The fraction of sp³-hybridized carbons (Fsp3) is 0.775. The summed E-state index contributed by atoms with van der Waals surface area (Å²) in [5.41, 5.74) is 0.0237. The van der Waals surface area contributed by atoms with Gasteiger partial charge in [-0.15, -0.1) is 0 Å². The van der Waals surface area contributed by atoms with Crippen molar-refractivity contribution in [1.82, 2.24) is 10.2 Å². The zero-order valence-corrected chi connectivity index (χ0v) is 33.8. The molecule has 4 saturated carbocycles. The number of aliphatic hydroxyl groups excluding tert-OH is 2. The summed E-state index contributed by atoms with van der Waals surface area (Å²) in [4.78, 5) is 41.9. The number of hydrogen-bond donors (Lipinski definition) is 4. The number of nitrogens with zero attached hydrogens (tertiary/aromatic N) is 1. The van der Waals surface area contributed by atoms with E-state index in [1.807, 2.05) is 13.0 Å². The van der Waals surface area contributed by atoms with Crippen LogP contribution < -0.4 is 5.32 Å². The number of morpholine rings is 1. The number of hydrogen-bond acceptors (Lipinski definition) is 8. The molecule has 0 bridgehead atoms. The van der Waals surface area contributed by atoms with E-state index >= 15 is 0 Å². The van der Waals surface area contributed by atoms with Crippen molar-refractivity contribution in [3.63, 3.8) is 0 Å². The number of carbonyl (C=O) groups excluding carboxylic acids is 2. The van der Waals surface area contributed by atoms with Gasteiger partial charge in [0.2, 0.25) is 0 Å². The number of allylic oxidation sites excluding steroid dienone is 4. The predicted octanol–water partition coefficient (Wildman–Crippen LogP) is 7.21. The minimum Gasteiger partial charge on any atom is -0.593 e. The van der Waals surface area contributed by atoms with E-state index in [1.54, 1.807) is 0 Å². The Bertz CT molecular complexity index is 1380. The molecule has 10 nitrogen and oxygen atoms in total. The van der Waals surface area contributed by atoms with Crippen LogP contribution in [-0.4, -0.2) is 83.6 Å². The predicted molar refractivity (Wildman–Crippen MR) is 191 cm³/mol. The first-order valence-corrected chi connectivity index (χ1v) is 18.8. The Labute approximate surface area is 335 Å². The third-order valence-corrected chi connectivity index (χ3v) is 14.8. The molecule has 0 aromatic rings. The number of amides is 1. The van der Waals surface area contributed by atoms with E-state index in [0.717, 1.165) is 77.8 Å². The van der Waals surface area contributed by atoms with Crippen LogP contribution in [0, 0.1) is 95.4 Å². The molecule has 4 N–H and O–H groups in total. The topological polar surface area (TPSA) is 146 Å². The van der Waals surface area contributed by atoms with Gasteiger partial charge in [0, 0.05) is 69.8 Å². The first-order valence-electron chi connectivity index (χ1n) is 18.8. The zero-order chi connectivity index (χ0) is 36.9. The summed E-state index contributed by atoms with van der Waals surface area (Å²) in [5.74, 6) is 0.598. The van der Waals surface area contributed by atoms with Gasteiger partial charge in [-0.1, -0.05) is 46.6 Å². The largest absolute Gasteiger partial charge is 0.593 e. The van der Waals surface area contributed by atoms with Crippen LogP contribution in [0.15, 0.2) is 23.2 Å². The van der Waals surface area contributed by atoms with Crippen LogP contribution in [0.1, 0.15) is 106 Å². The second-order valence-electron chi connectivity index (χ2n) is 17.6. The maximum Gasteiger partial charge on any atom is 0.404 e. The van der Waals surface area contributed by atoms with Crippen LogP contribution in [0.5, 0.6) is 0 Å². The molecular weight excluding hydrogens is 801 g/mol. The number of aliphatic hydroxyl groups is 2. The van der Waals surface area contributed by atoms with Crippen molar-refractivity contribution in [3.8, 4) is 0 Å². The average molecular weight is 864 g/mol. The quantitative estimate of drug-likeness (QED) is 0.128. The smallest absolute Gasteiger partial charge is 0.404 e. The normalized spacial score (nSPS) is 41.3. The molecule has 5 fully saturated rings. The third kappa shape index (κ3) is 7.74. The fourth-order valence-corrected chi connectivity index (χ4v) is 11.2. The Kier molecular flexibility index (Phi) is 13.0. The molecular formula is C40H62HoN2O8-2. The minimum atomic E-state index is -0.743. The number of rotatable bonds is 5. The van der Waals surface area contributed by atoms with E-state index in [-0.39, 0.29) is 107 Å². The second-order valence-corrected chi connectivity index (χ2v) is 17.6. The molecule has 6 aliphatic rings. The van der Waals surface area contributed by atoms with Gasteiger partial charge in [-0.25, -0.2) is 11.7 Å². The van der Waals surface area contributed by atoms with Gasteiger partial charge in [0.05, 0.1) is 18.6 Å². The Morgan fingerprint density at radius 1 is 1.02 bits per heavy atom. The average Bonchev–Trinajstić information content (AvgIpc) is 3.05. The summed E-state index contributed by atoms with van der Waals surface area (Å²) >= 11 is 0. The molecule has 1 saturated heterocycles. The number of carboxylic acid groups (broad SMARTS) is 1. The van der Waals surface area contributed by atoms with E-state index in [2.05, 4.69) is 51.8 Å². The number of ketones is 1. The SMILES string of the molecule is C[C-]1C2CC[C@]3(C)C(C(=O)C=C4[C@@H]5C[C@@](C)(C(=O)O)CC[C@]5(C)CC[C@]43C)[C@@]2(C)CC[C@@H]1OC(=O)NCCN1CCOCC1.[CH2-]/C(O)=C(\C)O.[Ho]. The summed E-state index contributed by atoms with van der Waals surface area (Å²) in [6.45, 7) is 22.5. The van der Waals surface area contributed by atoms with Crippen LogP contribution in [0.3, 0.4) is 0 Å². The summed E-state index contributed by atoms with van der Waals surface area (Å²) in [6, 6.07) is 0. The van der Waals surface area contributed by atoms with Gasteiger partial charge in [0.1, 0.15) is 0 Å². The molecule has 1 amide bonds. The summed E-state index contributed by atoms with van der Waals surface area (Å²) in [7, 11) is 0. The third-order valence-electron chi connectivity index (χ3n) is 14.8. The van der Waals surface area contributed by atoms with Crippen molar-refractivity contribution in [2.45, 2.75) is 112 Å². The second kappa shape index (κ2) is 15.7. The minimum absolute atomic E-state index is 0. The monoisotopic (exact) mass is 863 g/mol. The molecule has 1 heterocycles. The molecule has 293 valence electrons. The van der Waals surface area contributed by atoms with Gasteiger partial charge in [-0.05, 0) is 110 Å². The van der Waals surface area contributed by atoms with E-state index < -0.39 is 11.4 Å². The molecule has 1 radical (unpaired) electrons. The Morgan fingerprint density at radius 3 is 2.25 bits per heavy atom. The van der Waals surface area contributed by atoms with Gasteiger partial charge in [-0.2, -0.15) is 12.8 Å². The Morgan fingerprint density at radius 2 is 1.65 bits per heavy atom. The number of carbonyl (C=O) groups is 3. The number of aliphatic carboxylic acids is 1. The molecule has 0 aromatic heterocycles. The number of carboxylic acids is 1. The van der Waals surface area contributed by atoms with E-state index in [9.17, 15) is 19.5 Å². The molecule has 0 aromatic carbocycles. The molecule has 9 atom stereocenters. The van der Waals surface area contributed by atoms with Gasteiger partial charge < -0.3 is 30.1 Å². The molecule has 11 heteroatoms.